The fourth-order valence-electron chi connectivity index (χ4n) is 1.63. The van der Waals surface area contributed by atoms with Gasteiger partial charge in [0.15, 0.2) is 6.29 Å². The van der Waals surface area contributed by atoms with E-state index in [1.807, 2.05) is 24.3 Å². The van der Waals surface area contributed by atoms with Gasteiger partial charge in [-0.3, -0.25) is 4.79 Å². The van der Waals surface area contributed by atoms with Crippen LogP contribution in [0.2, 0.25) is 0 Å². The normalized spacial score (nSPS) is 9.89. The SMILES string of the molecule is COC(OC)c1ccccc1C#CCCNC(C)=O. The first-order valence-corrected chi connectivity index (χ1v) is 6.07. The van der Waals surface area contributed by atoms with Gasteiger partial charge in [-0.1, -0.05) is 30.0 Å². The molecule has 0 aromatic heterocycles. The highest BCUT2D eigenvalue weighted by molar-refractivity contribution is 5.72. The van der Waals surface area contributed by atoms with Gasteiger partial charge in [0.05, 0.1) is 0 Å². The van der Waals surface area contributed by atoms with Crippen LogP contribution >= 0.6 is 0 Å². The van der Waals surface area contributed by atoms with Gasteiger partial charge in [-0.15, -0.1) is 0 Å². The Balaban J connectivity index is 2.72. The summed E-state index contributed by atoms with van der Waals surface area (Å²) in [5.41, 5.74) is 1.78. The van der Waals surface area contributed by atoms with Crippen molar-refractivity contribution < 1.29 is 14.3 Å². The number of methoxy groups -OCH3 is 2. The summed E-state index contributed by atoms with van der Waals surface area (Å²) < 4.78 is 10.5. The van der Waals surface area contributed by atoms with Gasteiger partial charge in [-0.25, -0.2) is 0 Å². The van der Waals surface area contributed by atoms with Gasteiger partial charge in [-0.2, -0.15) is 0 Å². The fourth-order valence-corrected chi connectivity index (χ4v) is 1.63. The predicted octanol–water partition coefficient (Wildman–Crippen LogP) is 1.86. The smallest absolute Gasteiger partial charge is 0.216 e. The number of rotatable bonds is 5. The lowest BCUT2D eigenvalue weighted by Gasteiger charge is -2.15. The van der Waals surface area contributed by atoms with E-state index < -0.39 is 6.29 Å². The molecule has 0 spiro atoms. The summed E-state index contributed by atoms with van der Waals surface area (Å²) in [6.07, 6.45) is 0.194. The van der Waals surface area contributed by atoms with E-state index in [1.54, 1.807) is 14.2 Å². The maximum atomic E-state index is 10.7. The molecular formula is C15H19NO3. The van der Waals surface area contributed by atoms with Crippen molar-refractivity contribution in [3.05, 3.63) is 35.4 Å². The molecule has 0 unspecified atom stereocenters. The van der Waals surface area contributed by atoms with Crippen LogP contribution in [0.4, 0.5) is 0 Å². The second kappa shape index (κ2) is 8.30. The van der Waals surface area contributed by atoms with Gasteiger partial charge in [0, 0.05) is 45.2 Å². The van der Waals surface area contributed by atoms with Crippen molar-refractivity contribution in [2.45, 2.75) is 19.6 Å². The van der Waals surface area contributed by atoms with E-state index in [0.29, 0.717) is 13.0 Å². The molecule has 0 aliphatic carbocycles. The van der Waals surface area contributed by atoms with Crippen LogP contribution in [-0.4, -0.2) is 26.7 Å². The average molecular weight is 261 g/mol. The largest absolute Gasteiger partial charge is 0.355 e. The minimum atomic E-state index is -0.416. The Labute approximate surface area is 114 Å². The zero-order valence-electron chi connectivity index (χ0n) is 11.5. The van der Waals surface area contributed by atoms with E-state index in [-0.39, 0.29) is 5.91 Å². The second-order valence-electron chi connectivity index (χ2n) is 3.93. The number of hydrogen-bond acceptors (Lipinski definition) is 3. The fraction of sp³-hybridized carbons (Fsp3) is 0.400. The number of amides is 1. The number of carbonyl (C=O) groups excluding carboxylic acids is 1. The first kappa shape index (κ1) is 15.2. The summed E-state index contributed by atoms with van der Waals surface area (Å²) in [5.74, 6) is 6.06. The highest BCUT2D eigenvalue weighted by atomic mass is 16.7. The molecular weight excluding hydrogens is 242 g/mol. The van der Waals surface area contributed by atoms with Crippen molar-refractivity contribution in [3.8, 4) is 11.8 Å². The predicted molar refractivity (Wildman–Crippen MR) is 73.4 cm³/mol. The monoisotopic (exact) mass is 261 g/mol. The summed E-state index contributed by atoms with van der Waals surface area (Å²) in [5, 5.41) is 2.70. The Morgan fingerprint density at radius 2 is 2.00 bits per heavy atom. The molecule has 0 aliphatic rings. The maximum absolute atomic E-state index is 10.7. The zero-order valence-corrected chi connectivity index (χ0v) is 11.5. The minimum Gasteiger partial charge on any atom is -0.355 e. The Hall–Kier alpha value is -1.83. The first-order valence-electron chi connectivity index (χ1n) is 6.07. The van der Waals surface area contributed by atoms with Crippen molar-refractivity contribution in [2.24, 2.45) is 0 Å². The van der Waals surface area contributed by atoms with Crippen LogP contribution in [0.1, 0.15) is 30.8 Å². The highest BCUT2D eigenvalue weighted by Gasteiger charge is 2.11. The summed E-state index contributed by atoms with van der Waals surface area (Å²) in [7, 11) is 3.18. The molecule has 1 N–H and O–H groups in total. The third kappa shape index (κ3) is 5.12. The molecule has 1 rings (SSSR count). The topological polar surface area (TPSA) is 47.6 Å². The molecule has 0 saturated carbocycles. The van der Waals surface area contributed by atoms with Crippen molar-refractivity contribution in [2.75, 3.05) is 20.8 Å². The van der Waals surface area contributed by atoms with Gasteiger partial charge >= 0.3 is 0 Å². The lowest BCUT2D eigenvalue weighted by molar-refractivity contribution is -0.118. The summed E-state index contributed by atoms with van der Waals surface area (Å²) in [4.78, 5) is 10.7. The van der Waals surface area contributed by atoms with Crippen molar-refractivity contribution in [3.63, 3.8) is 0 Å². The van der Waals surface area contributed by atoms with Crippen LogP contribution in [0.15, 0.2) is 24.3 Å². The summed E-state index contributed by atoms with van der Waals surface area (Å²) in [6, 6.07) is 7.69. The molecule has 102 valence electrons. The van der Waals surface area contributed by atoms with Crippen LogP contribution in [0.3, 0.4) is 0 Å². The van der Waals surface area contributed by atoms with Gasteiger partial charge in [0.1, 0.15) is 0 Å². The summed E-state index contributed by atoms with van der Waals surface area (Å²) in [6.45, 7) is 2.05. The van der Waals surface area contributed by atoms with Crippen molar-refractivity contribution in [1.82, 2.24) is 5.32 Å². The lowest BCUT2D eigenvalue weighted by atomic mass is 10.1. The van der Waals surface area contributed by atoms with Gasteiger partial charge < -0.3 is 14.8 Å². The Morgan fingerprint density at radius 3 is 2.63 bits per heavy atom. The van der Waals surface area contributed by atoms with E-state index >= 15 is 0 Å². The molecule has 0 saturated heterocycles. The number of hydrogen-bond donors (Lipinski definition) is 1. The van der Waals surface area contributed by atoms with E-state index in [1.165, 1.54) is 6.92 Å². The highest BCUT2D eigenvalue weighted by Crippen LogP contribution is 2.20. The maximum Gasteiger partial charge on any atom is 0.216 e. The van der Waals surface area contributed by atoms with Gasteiger partial charge in [0.2, 0.25) is 5.91 Å². The average Bonchev–Trinajstić information content (AvgIpc) is 2.41. The number of ether oxygens (including phenoxy) is 2. The molecule has 4 nitrogen and oxygen atoms in total. The number of carbonyl (C=O) groups is 1. The zero-order chi connectivity index (χ0) is 14.1. The van der Waals surface area contributed by atoms with Gasteiger partial charge in [-0.05, 0) is 6.07 Å². The van der Waals surface area contributed by atoms with Crippen LogP contribution in [0.5, 0.6) is 0 Å². The molecule has 0 fully saturated rings. The molecule has 0 bridgehead atoms. The third-order valence-corrected chi connectivity index (χ3v) is 2.49. The number of benzene rings is 1. The third-order valence-electron chi connectivity index (χ3n) is 2.49. The van der Waals surface area contributed by atoms with E-state index in [2.05, 4.69) is 17.2 Å². The lowest BCUT2D eigenvalue weighted by Crippen LogP contribution is -2.20. The Morgan fingerprint density at radius 1 is 1.32 bits per heavy atom. The quantitative estimate of drug-likeness (QED) is 0.500. The molecule has 0 heterocycles. The van der Waals surface area contributed by atoms with Crippen molar-refractivity contribution >= 4 is 5.91 Å². The molecule has 1 amide bonds. The van der Waals surface area contributed by atoms with Crippen LogP contribution in [0, 0.1) is 11.8 Å². The van der Waals surface area contributed by atoms with Crippen LogP contribution in [-0.2, 0) is 14.3 Å². The molecule has 1 aromatic rings. The molecule has 4 heteroatoms. The molecule has 0 aliphatic heterocycles. The standard InChI is InChI=1S/C15H19NO3/c1-12(17)16-11-7-6-9-13-8-4-5-10-14(13)15(18-2)19-3/h4-5,8,10,15H,7,11H2,1-3H3,(H,16,17). The summed E-state index contributed by atoms with van der Waals surface area (Å²) >= 11 is 0. The van der Waals surface area contributed by atoms with E-state index in [4.69, 9.17) is 9.47 Å². The molecule has 19 heavy (non-hydrogen) atoms. The molecule has 0 atom stereocenters. The number of nitrogens with one attached hydrogen (secondary N) is 1. The Bertz CT molecular complexity index is 470. The molecule has 1 aromatic carbocycles. The minimum absolute atomic E-state index is 0.0407. The first-order chi connectivity index (χ1) is 9.19. The van der Waals surface area contributed by atoms with E-state index in [0.717, 1.165) is 11.1 Å². The van der Waals surface area contributed by atoms with Crippen LogP contribution < -0.4 is 5.32 Å². The van der Waals surface area contributed by atoms with Gasteiger partial charge in [0.25, 0.3) is 0 Å². The van der Waals surface area contributed by atoms with E-state index in [9.17, 15) is 4.79 Å². The Kier molecular flexibility index (Phi) is 6.65. The van der Waals surface area contributed by atoms with Crippen LogP contribution in [0.25, 0.3) is 0 Å². The van der Waals surface area contributed by atoms with Crippen molar-refractivity contribution in [1.29, 1.82) is 0 Å². The second-order valence-corrected chi connectivity index (χ2v) is 3.93. The molecule has 0 radical (unpaired) electrons.